The van der Waals surface area contributed by atoms with E-state index in [0.717, 1.165) is 20.3 Å². The Morgan fingerprint density at radius 2 is 1.81 bits per heavy atom. The maximum Gasteiger partial charge on any atom is 0.262 e. The van der Waals surface area contributed by atoms with Gasteiger partial charge in [0.1, 0.15) is 0 Å². The summed E-state index contributed by atoms with van der Waals surface area (Å²) in [5.41, 5.74) is 4.07. The lowest BCUT2D eigenvalue weighted by Crippen LogP contribution is -2.20. The second-order valence-electron chi connectivity index (χ2n) is 7.00. The van der Waals surface area contributed by atoms with Gasteiger partial charge in [0.15, 0.2) is 18.1 Å². The number of amides is 1. The normalized spacial score (nSPS) is 10.9. The van der Waals surface area contributed by atoms with Crippen LogP contribution in [0.2, 0.25) is 0 Å². The summed E-state index contributed by atoms with van der Waals surface area (Å²) in [7, 11) is 0. The first-order valence-electron chi connectivity index (χ1n) is 10.1. The van der Waals surface area contributed by atoms with Crippen LogP contribution < -0.4 is 14.8 Å². The van der Waals surface area contributed by atoms with E-state index in [1.807, 2.05) is 86.7 Å². The number of para-hydroxylation sites is 1. The summed E-state index contributed by atoms with van der Waals surface area (Å²) in [5.74, 6) is 0.769. The van der Waals surface area contributed by atoms with Crippen molar-refractivity contribution in [3.63, 3.8) is 0 Å². The van der Waals surface area contributed by atoms with E-state index in [-0.39, 0.29) is 12.5 Å². The number of aryl methyl sites for hydroxylation is 1. The van der Waals surface area contributed by atoms with Crippen LogP contribution in [0.15, 0.2) is 66.7 Å². The van der Waals surface area contributed by atoms with Crippen LogP contribution in [0.25, 0.3) is 11.6 Å². The van der Waals surface area contributed by atoms with E-state index in [1.54, 1.807) is 0 Å². The smallest absolute Gasteiger partial charge is 0.262 e. The van der Waals surface area contributed by atoms with Crippen LogP contribution >= 0.6 is 22.6 Å². The molecule has 0 aromatic heterocycles. The van der Waals surface area contributed by atoms with Crippen LogP contribution in [0, 0.1) is 21.8 Å². The van der Waals surface area contributed by atoms with Gasteiger partial charge in [-0.1, -0.05) is 48.0 Å². The Morgan fingerprint density at radius 1 is 1.09 bits per heavy atom. The third-order valence-electron chi connectivity index (χ3n) is 4.53. The van der Waals surface area contributed by atoms with Crippen molar-refractivity contribution in [2.75, 3.05) is 18.5 Å². The molecule has 0 aliphatic rings. The van der Waals surface area contributed by atoms with Crippen molar-refractivity contribution >= 4 is 45.8 Å². The zero-order chi connectivity index (χ0) is 22.9. The van der Waals surface area contributed by atoms with Gasteiger partial charge in [0.25, 0.3) is 5.91 Å². The van der Waals surface area contributed by atoms with E-state index >= 15 is 0 Å². The second kappa shape index (κ2) is 11.3. The Hall–Kier alpha value is -3.31. The summed E-state index contributed by atoms with van der Waals surface area (Å²) < 4.78 is 12.4. The first-order valence-corrected chi connectivity index (χ1v) is 11.2. The molecule has 1 amide bonds. The van der Waals surface area contributed by atoms with Gasteiger partial charge in [0.05, 0.1) is 21.8 Å². The molecule has 0 radical (unpaired) electrons. The third-order valence-corrected chi connectivity index (χ3v) is 5.33. The zero-order valence-electron chi connectivity index (χ0n) is 17.9. The molecule has 162 valence electrons. The molecule has 3 rings (SSSR count). The fourth-order valence-electron chi connectivity index (χ4n) is 3.01. The number of carbonyl (C=O) groups excluding carboxylic acids is 1. The molecule has 0 aliphatic heterocycles. The number of carbonyl (C=O) groups is 1. The van der Waals surface area contributed by atoms with Gasteiger partial charge in [-0.25, -0.2) is 0 Å². The summed E-state index contributed by atoms with van der Waals surface area (Å²) in [6.07, 6.45) is 1.82. The van der Waals surface area contributed by atoms with Crippen LogP contribution in [-0.2, 0) is 4.79 Å². The number of hydrogen-bond acceptors (Lipinski definition) is 4. The quantitative estimate of drug-likeness (QED) is 0.215. The number of allylic oxidation sites excluding steroid dienone is 1. The molecule has 6 heteroatoms. The number of nitrogens with one attached hydrogen (secondary N) is 1. The highest BCUT2D eigenvalue weighted by atomic mass is 127. The van der Waals surface area contributed by atoms with Crippen LogP contribution in [0.5, 0.6) is 11.5 Å². The number of halogens is 1. The highest BCUT2D eigenvalue weighted by molar-refractivity contribution is 14.1. The summed E-state index contributed by atoms with van der Waals surface area (Å²) >= 11 is 2.15. The maximum atomic E-state index is 12.3. The predicted molar refractivity (Wildman–Crippen MR) is 136 cm³/mol. The fraction of sp³-hybridized carbons (Fsp3) is 0.154. The monoisotopic (exact) mass is 538 g/mol. The van der Waals surface area contributed by atoms with E-state index in [4.69, 9.17) is 9.47 Å². The molecule has 0 aliphatic carbocycles. The lowest BCUT2D eigenvalue weighted by Gasteiger charge is -2.15. The number of nitriles is 1. The van der Waals surface area contributed by atoms with Crippen LogP contribution in [-0.4, -0.2) is 19.1 Å². The standard InChI is InChI=1S/C26H23IN2O3/c1-3-31-24-15-19(13-21(16-28)20-11-9-18(2)10-12-20)14-23(27)26(24)32-17-25(30)29-22-7-5-4-6-8-22/h4-15H,3,17H2,1-2H3,(H,29,30)/b21-13+. The number of anilines is 1. The number of ether oxygens (including phenoxy) is 2. The zero-order valence-corrected chi connectivity index (χ0v) is 20.0. The number of hydrogen-bond donors (Lipinski definition) is 1. The molecular formula is C26H23IN2O3. The Morgan fingerprint density at radius 3 is 2.47 bits per heavy atom. The predicted octanol–water partition coefficient (Wildman–Crippen LogP) is 6.08. The molecule has 0 heterocycles. The number of benzene rings is 3. The van der Waals surface area contributed by atoms with E-state index < -0.39 is 0 Å². The molecule has 0 fully saturated rings. The average molecular weight is 538 g/mol. The van der Waals surface area contributed by atoms with Gasteiger partial charge in [-0.2, -0.15) is 5.26 Å². The van der Waals surface area contributed by atoms with Gasteiger partial charge in [-0.05, 0) is 77.9 Å². The van der Waals surface area contributed by atoms with E-state index in [0.29, 0.717) is 29.4 Å². The van der Waals surface area contributed by atoms with E-state index in [2.05, 4.69) is 34.0 Å². The molecule has 0 unspecified atom stereocenters. The van der Waals surface area contributed by atoms with Gasteiger partial charge >= 0.3 is 0 Å². The van der Waals surface area contributed by atoms with Crippen LogP contribution in [0.1, 0.15) is 23.6 Å². The Labute approximate surface area is 201 Å². The third kappa shape index (κ3) is 6.34. The number of nitrogens with zero attached hydrogens (tertiary/aromatic N) is 1. The van der Waals surface area contributed by atoms with Gasteiger partial charge in [0.2, 0.25) is 0 Å². The van der Waals surface area contributed by atoms with Gasteiger partial charge in [-0.15, -0.1) is 0 Å². The van der Waals surface area contributed by atoms with Gasteiger partial charge in [-0.3, -0.25) is 4.79 Å². The molecule has 3 aromatic rings. The highest BCUT2D eigenvalue weighted by Gasteiger charge is 2.14. The first-order chi connectivity index (χ1) is 15.5. The lowest BCUT2D eigenvalue weighted by molar-refractivity contribution is -0.118. The Balaban J connectivity index is 1.82. The van der Waals surface area contributed by atoms with Crippen molar-refractivity contribution in [3.05, 3.63) is 87.0 Å². The fourth-order valence-corrected chi connectivity index (χ4v) is 3.79. The van der Waals surface area contributed by atoms with Crippen molar-refractivity contribution < 1.29 is 14.3 Å². The van der Waals surface area contributed by atoms with E-state index in [9.17, 15) is 10.1 Å². The molecule has 5 nitrogen and oxygen atoms in total. The van der Waals surface area contributed by atoms with Crippen molar-refractivity contribution in [2.45, 2.75) is 13.8 Å². The first kappa shape index (κ1) is 23.4. The topological polar surface area (TPSA) is 71.3 Å². The summed E-state index contributed by atoms with van der Waals surface area (Å²) in [6, 6.07) is 23.0. The average Bonchev–Trinajstić information content (AvgIpc) is 2.78. The van der Waals surface area contributed by atoms with Crippen molar-refractivity contribution in [3.8, 4) is 17.6 Å². The molecule has 1 N–H and O–H groups in total. The van der Waals surface area contributed by atoms with Crippen molar-refractivity contribution in [1.82, 2.24) is 0 Å². The highest BCUT2D eigenvalue weighted by Crippen LogP contribution is 2.35. The number of rotatable bonds is 8. The van der Waals surface area contributed by atoms with Gasteiger partial charge in [0, 0.05) is 5.69 Å². The molecule has 0 bridgehead atoms. The van der Waals surface area contributed by atoms with E-state index in [1.165, 1.54) is 0 Å². The molecule has 32 heavy (non-hydrogen) atoms. The Bertz CT molecular complexity index is 1150. The SMILES string of the molecule is CCOc1cc(/C=C(\C#N)c2ccc(C)cc2)cc(I)c1OCC(=O)Nc1ccccc1. The molecule has 0 atom stereocenters. The molecule has 0 saturated carbocycles. The van der Waals surface area contributed by atoms with Crippen LogP contribution in [0.4, 0.5) is 5.69 Å². The van der Waals surface area contributed by atoms with Crippen LogP contribution in [0.3, 0.4) is 0 Å². The minimum Gasteiger partial charge on any atom is -0.490 e. The minimum atomic E-state index is -0.260. The summed E-state index contributed by atoms with van der Waals surface area (Å²) in [4.78, 5) is 12.3. The second-order valence-corrected chi connectivity index (χ2v) is 8.16. The molecule has 3 aromatic carbocycles. The van der Waals surface area contributed by atoms with Crippen molar-refractivity contribution in [2.24, 2.45) is 0 Å². The van der Waals surface area contributed by atoms with Gasteiger partial charge < -0.3 is 14.8 Å². The maximum absolute atomic E-state index is 12.3. The van der Waals surface area contributed by atoms with Crippen molar-refractivity contribution in [1.29, 1.82) is 5.26 Å². The largest absolute Gasteiger partial charge is 0.490 e. The minimum absolute atomic E-state index is 0.146. The molecule has 0 spiro atoms. The summed E-state index contributed by atoms with van der Waals surface area (Å²) in [5, 5.41) is 12.5. The summed E-state index contributed by atoms with van der Waals surface area (Å²) in [6.45, 7) is 4.19. The lowest BCUT2D eigenvalue weighted by atomic mass is 10.0. The molecule has 0 saturated heterocycles. The Kier molecular flexibility index (Phi) is 8.28. The molecular weight excluding hydrogens is 515 g/mol.